The number of hydrogen-bond donors (Lipinski definition) is 3. The molecule has 0 aromatic carbocycles. The Morgan fingerprint density at radius 1 is 1.70 bits per heavy atom. The third-order valence-electron chi connectivity index (χ3n) is 0.359. The molecule has 0 spiro atoms. The quantitative estimate of drug-likeness (QED) is 0.459. The Kier molecular flexibility index (Phi) is 12.6. The first-order chi connectivity index (χ1) is 4.68. The predicted octanol–water partition coefficient (Wildman–Crippen LogP) is -1.08. The maximum Gasteiger partial charge on any atom is 0.317 e. The molecule has 0 rings (SSSR count). The first-order valence-corrected chi connectivity index (χ1v) is 2.58. The van der Waals surface area contributed by atoms with Crippen molar-refractivity contribution in [3.05, 3.63) is 0 Å². The molecule has 58 valence electrons. The molecule has 0 aliphatic carbocycles. The van der Waals surface area contributed by atoms with Gasteiger partial charge in [-0.25, -0.2) is 0 Å². The van der Waals surface area contributed by atoms with E-state index in [0.717, 1.165) is 0 Å². The van der Waals surface area contributed by atoms with Crippen molar-refractivity contribution in [2.75, 3.05) is 13.2 Å². The maximum atomic E-state index is 9.38. The van der Waals surface area contributed by atoms with Gasteiger partial charge < -0.3 is 15.9 Å². The van der Waals surface area contributed by atoms with E-state index in [9.17, 15) is 4.79 Å². The summed E-state index contributed by atoms with van der Waals surface area (Å²) in [4.78, 5) is 9.38. The van der Waals surface area contributed by atoms with Gasteiger partial charge in [-0.2, -0.15) is 5.26 Å². The third-order valence-corrected chi connectivity index (χ3v) is 0.359. The molecule has 10 heavy (non-hydrogen) atoms. The fourth-order valence-electron chi connectivity index (χ4n) is 0.0676. The second-order valence-electron chi connectivity index (χ2n) is 1.24. The maximum absolute atomic E-state index is 9.38. The Labute approximate surface area is 58.7 Å². The first-order valence-electron chi connectivity index (χ1n) is 2.58. The molecule has 0 aromatic heterocycles. The van der Waals surface area contributed by atoms with E-state index in [1.165, 1.54) is 6.07 Å². The average Bonchev–Trinajstić information content (AvgIpc) is 1.89. The highest BCUT2D eigenvalue weighted by Crippen LogP contribution is 1.68. The van der Waals surface area contributed by atoms with Crippen LogP contribution in [0.5, 0.6) is 0 Å². The molecule has 5 heteroatoms. The minimum absolute atomic E-state index is 0.0972. The highest BCUT2D eigenvalue weighted by Gasteiger charge is 1.87. The average molecular weight is 146 g/mol. The van der Waals surface area contributed by atoms with Crippen molar-refractivity contribution in [1.82, 2.24) is 0 Å². The molecule has 0 heterocycles. The van der Waals surface area contributed by atoms with Crippen LogP contribution in [0, 0.1) is 11.3 Å². The van der Waals surface area contributed by atoms with Crippen molar-refractivity contribution >= 4 is 5.97 Å². The van der Waals surface area contributed by atoms with E-state index >= 15 is 0 Å². The topological polar surface area (TPSA) is 107 Å². The van der Waals surface area contributed by atoms with Crippen LogP contribution in [-0.4, -0.2) is 29.3 Å². The van der Waals surface area contributed by atoms with Gasteiger partial charge in [0.25, 0.3) is 0 Å². The summed E-state index contributed by atoms with van der Waals surface area (Å²) < 4.78 is 0. The summed E-state index contributed by atoms with van der Waals surface area (Å²) in [6, 6.07) is 1.47. The zero-order chi connectivity index (χ0) is 8.41. The number of hydrogen-bond acceptors (Lipinski definition) is 4. The van der Waals surface area contributed by atoms with Gasteiger partial charge in [-0.1, -0.05) is 0 Å². The normalized spacial score (nSPS) is 6.90. The van der Waals surface area contributed by atoms with Gasteiger partial charge in [-0.15, -0.1) is 0 Å². The molecule has 4 N–H and O–H groups in total. The van der Waals surface area contributed by atoms with Crippen LogP contribution in [0.3, 0.4) is 0 Å². The van der Waals surface area contributed by atoms with Crippen molar-refractivity contribution < 1.29 is 15.0 Å². The molecular formula is C5H10N2O3. The minimum Gasteiger partial charge on any atom is -0.480 e. The van der Waals surface area contributed by atoms with Crippen LogP contribution >= 0.6 is 0 Å². The largest absolute Gasteiger partial charge is 0.480 e. The van der Waals surface area contributed by atoms with E-state index in [0.29, 0.717) is 6.54 Å². The van der Waals surface area contributed by atoms with Gasteiger partial charge in [0.05, 0.1) is 12.7 Å². The number of aliphatic carboxylic acids is 1. The summed E-state index contributed by atoms with van der Waals surface area (Å²) in [5, 5.41) is 23.0. The molecule has 0 aliphatic heterocycles. The number of carboxylic acids is 1. The number of carbonyl (C=O) groups is 1. The van der Waals surface area contributed by atoms with Gasteiger partial charge in [0.15, 0.2) is 0 Å². The molecule has 0 aromatic rings. The zero-order valence-corrected chi connectivity index (χ0v) is 5.45. The number of nitriles is 1. The van der Waals surface area contributed by atoms with E-state index in [4.69, 9.17) is 21.2 Å². The smallest absolute Gasteiger partial charge is 0.317 e. The molecule has 5 nitrogen and oxygen atoms in total. The molecule has 0 fully saturated rings. The Bertz CT molecular complexity index is 117. The number of carboxylic acid groups (broad SMARTS) is 1. The van der Waals surface area contributed by atoms with Gasteiger partial charge in [-0.3, -0.25) is 4.79 Å². The molecule has 0 amide bonds. The van der Waals surface area contributed by atoms with E-state index < -0.39 is 12.4 Å². The lowest BCUT2D eigenvalue weighted by Gasteiger charge is -1.71. The van der Waals surface area contributed by atoms with Crippen molar-refractivity contribution in [2.45, 2.75) is 6.42 Å². The van der Waals surface area contributed by atoms with Gasteiger partial charge in [0.1, 0.15) is 6.42 Å². The minimum atomic E-state index is -1.07. The van der Waals surface area contributed by atoms with Gasteiger partial charge in [-0.05, 0) is 0 Å². The zero-order valence-electron chi connectivity index (χ0n) is 5.45. The van der Waals surface area contributed by atoms with Crippen molar-refractivity contribution in [3.63, 3.8) is 0 Å². The Balaban J connectivity index is 0. The van der Waals surface area contributed by atoms with E-state index in [-0.39, 0.29) is 6.61 Å². The second-order valence-corrected chi connectivity index (χ2v) is 1.24. The van der Waals surface area contributed by atoms with Gasteiger partial charge in [0.2, 0.25) is 0 Å². The summed E-state index contributed by atoms with van der Waals surface area (Å²) in [5.41, 5.74) is 4.78. The number of aliphatic hydroxyl groups excluding tert-OH is 1. The Morgan fingerprint density at radius 2 is 2.10 bits per heavy atom. The fourth-order valence-corrected chi connectivity index (χ4v) is 0.0676. The highest BCUT2D eigenvalue weighted by atomic mass is 16.4. The van der Waals surface area contributed by atoms with Crippen LogP contribution in [0.25, 0.3) is 0 Å². The second kappa shape index (κ2) is 10.8. The molecular weight excluding hydrogens is 136 g/mol. The van der Waals surface area contributed by atoms with Crippen LogP contribution < -0.4 is 5.73 Å². The third kappa shape index (κ3) is 28.7. The molecule has 0 saturated carbocycles. The summed E-state index contributed by atoms with van der Waals surface area (Å²) in [6.07, 6.45) is -0.403. The van der Waals surface area contributed by atoms with E-state index in [2.05, 4.69) is 0 Å². The highest BCUT2D eigenvalue weighted by molar-refractivity contribution is 5.69. The number of rotatable bonds is 2. The van der Waals surface area contributed by atoms with Gasteiger partial charge >= 0.3 is 5.97 Å². The summed E-state index contributed by atoms with van der Waals surface area (Å²) >= 11 is 0. The van der Waals surface area contributed by atoms with Crippen LogP contribution in [0.15, 0.2) is 0 Å². The number of aliphatic hydroxyl groups is 1. The summed E-state index contributed by atoms with van der Waals surface area (Å²) in [5.74, 6) is -1.07. The van der Waals surface area contributed by atoms with Crippen molar-refractivity contribution in [3.8, 4) is 6.07 Å². The molecule has 0 atom stereocenters. The van der Waals surface area contributed by atoms with E-state index in [1.807, 2.05) is 0 Å². The van der Waals surface area contributed by atoms with Crippen molar-refractivity contribution in [2.24, 2.45) is 5.73 Å². The van der Waals surface area contributed by atoms with Crippen LogP contribution in [0.1, 0.15) is 6.42 Å². The van der Waals surface area contributed by atoms with Gasteiger partial charge in [0, 0.05) is 6.54 Å². The lowest BCUT2D eigenvalue weighted by Crippen LogP contribution is -2.02. The molecule has 0 aliphatic rings. The molecule has 0 saturated heterocycles. The summed E-state index contributed by atoms with van der Waals surface area (Å²) in [7, 11) is 0. The fraction of sp³-hybridized carbons (Fsp3) is 0.600. The lowest BCUT2D eigenvalue weighted by molar-refractivity contribution is -0.135. The molecule has 0 bridgehead atoms. The number of nitrogens with two attached hydrogens (primary N) is 1. The molecule has 0 radical (unpaired) electrons. The summed E-state index contributed by atoms with van der Waals surface area (Å²) in [6.45, 7) is 0.472. The Morgan fingerprint density at radius 3 is 2.10 bits per heavy atom. The monoisotopic (exact) mass is 146 g/mol. The standard InChI is InChI=1S/C3H3NO2.C2H7NO/c4-2-1-3(5)6;3-1-2-4/h1H2,(H,5,6);4H,1-3H2. The van der Waals surface area contributed by atoms with E-state index in [1.54, 1.807) is 0 Å². The lowest BCUT2D eigenvalue weighted by atomic mass is 10.5. The van der Waals surface area contributed by atoms with Crippen molar-refractivity contribution in [1.29, 1.82) is 5.26 Å². The Hall–Kier alpha value is -1.12. The van der Waals surface area contributed by atoms with Crippen LogP contribution in [0.4, 0.5) is 0 Å². The first kappa shape index (κ1) is 11.6. The molecule has 0 unspecified atom stereocenters. The predicted molar refractivity (Wildman–Crippen MR) is 34.0 cm³/mol. The van der Waals surface area contributed by atoms with Crippen LogP contribution in [-0.2, 0) is 4.79 Å². The van der Waals surface area contributed by atoms with Crippen LogP contribution in [0.2, 0.25) is 0 Å². The number of nitrogens with zero attached hydrogens (tertiary/aromatic N) is 1. The SMILES string of the molecule is N#CCC(=O)O.NCCO.